The first-order valence-electron chi connectivity index (χ1n) is 7.04. The van der Waals surface area contributed by atoms with Crippen molar-refractivity contribution in [1.29, 1.82) is 0 Å². The number of hydrogen-bond donors (Lipinski definition) is 1. The van der Waals surface area contributed by atoms with E-state index < -0.39 is 5.97 Å². The largest absolute Gasteiger partial charge is 0.478 e. The molecule has 1 aliphatic heterocycles. The lowest BCUT2D eigenvalue weighted by atomic mass is 9.74. The number of hydrogen-bond acceptors (Lipinski definition) is 3. The predicted molar refractivity (Wildman–Crippen MR) is 75.7 cm³/mol. The van der Waals surface area contributed by atoms with Gasteiger partial charge < -0.3 is 10.0 Å². The smallest absolute Gasteiger partial charge is 0.337 e. The molecule has 0 saturated carbocycles. The van der Waals surface area contributed by atoms with Crippen molar-refractivity contribution in [2.45, 2.75) is 39.5 Å². The summed E-state index contributed by atoms with van der Waals surface area (Å²) in [5.74, 6) is -0.875. The van der Waals surface area contributed by atoms with Gasteiger partial charge in [-0.05, 0) is 24.3 Å². The van der Waals surface area contributed by atoms with Crippen LogP contribution in [-0.2, 0) is 0 Å². The molecule has 1 saturated heterocycles. The zero-order valence-corrected chi connectivity index (χ0v) is 11.7. The Morgan fingerprint density at radius 1 is 1.37 bits per heavy atom. The molecule has 0 spiro atoms. The molecule has 0 atom stereocenters. The van der Waals surface area contributed by atoms with Gasteiger partial charge in [0.1, 0.15) is 0 Å². The van der Waals surface area contributed by atoms with Crippen LogP contribution in [0.25, 0.3) is 0 Å². The van der Waals surface area contributed by atoms with Crippen molar-refractivity contribution in [3.8, 4) is 0 Å². The normalized spacial score (nSPS) is 18.3. The predicted octanol–water partition coefficient (Wildman–Crippen LogP) is 3.19. The number of pyridine rings is 1. The average molecular weight is 262 g/mol. The van der Waals surface area contributed by atoms with Crippen LogP contribution in [0.3, 0.4) is 0 Å². The second kappa shape index (κ2) is 5.59. The van der Waals surface area contributed by atoms with Crippen LogP contribution in [0.5, 0.6) is 0 Å². The Bertz CT molecular complexity index is 445. The molecule has 19 heavy (non-hydrogen) atoms. The van der Waals surface area contributed by atoms with Crippen molar-refractivity contribution in [3.05, 3.63) is 24.0 Å². The minimum atomic E-state index is -0.875. The minimum Gasteiger partial charge on any atom is -0.478 e. The van der Waals surface area contributed by atoms with E-state index in [4.69, 9.17) is 0 Å². The van der Waals surface area contributed by atoms with Gasteiger partial charge in [-0.3, -0.25) is 4.98 Å². The van der Waals surface area contributed by atoms with E-state index in [2.05, 4.69) is 23.7 Å². The molecule has 0 amide bonds. The average Bonchev–Trinajstić information content (AvgIpc) is 2.47. The van der Waals surface area contributed by atoms with Crippen LogP contribution in [0.1, 0.15) is 49.9 Å². The number of aromatic carboxylic acids is 1. The van der Waals surface area contributed by atoms with Crippen molar-refractivity contribution >= 4 is 11.7 Å². The Hall–Kier alpha value is -1.58. The molecule has 104 valence electrons. The third kappa shape index (κ3) is 2.72. The molecule has 0 aliphatic carbocycles. The highest BCUT2D eigenvalue weighted by Crippen LogP contribution is 2.39. The second-order valence-corrected chi connectivity index (χ2v) is 5.39. The SMILES string of the molecule is CCC1(CC)CCN(c2cnccc2C(=O)O)CC1. The number of carbonyl (C=O) groups is 1. The second-order valence-electron chi connectivity index (χ2n) is 5.39. The maximum absolute atomic E-state index is 11.2. The summed E-state index contributed by atoms with van der Waals surface area (Å²) in [6.45, 7) is 6.36. The molecule has 0 bridgehead atoms. The molecule has 1 fully saturated rings. The van der Waals surface area contributed by atoms with E-state index in [0.29, 0.717) is 11.0 Å². The molecule has 2 heterocycles. The lowest BCUT2D eigenvalue weighted by Gasteiger charge is -2.42. The monoisotopic (exact) mass is 262 g/mol. The zero-order valence-electron chi connectivity index (χ0n) is 11.7. The first kappa shape index (κ1) is 13.8. The molecule has 2 rings (SSSR count). The molecule has 1 aromatic rings. The van der Waals surface area contributed by atoms with Gasteiger partial charge in [-0.1, -0.05) is 26.7 Å². The molecule has 4 nitrogen and oxygen atoms in total. The third-order valence-corrected chi connectivity index (χ3v) is 4.70. The van der Waals surface area contributed by atoms with Crippen LogP contribution >= 0.6 is 0 Å². The van der Waals surface area contributed by atoms with Crippen molar-refractivity contribution in [1.82, 2.24) is 4.98 Å². The van der Waals surface area contributed by atoms with E-state index >= 15 is 0 Å². The minimum absolute atomic E-state index is 0.357. The fourth-order valence-electron chi connectivity index (χ4n) is 3.00. The highest BCUT2D eigenvalue weighted by molar-refractivity contribution is 5.94. The number of piperidine rings is 1. The van der Waals surface area contributed by atoms with E-state index in [1.165, 1.54) is 12.8 Å². The van der Waals surface area contributed by atoms with Gasteiger partial charge >= 0.3 is 5.97 Å². The summed E-state index contributed by atoms with van der Waals surface area (Å²) >= 11 is 0. The highest BCUT2D eigenvalue weighted by Gasteiger charge is 2.32. The standard InChI is InChI=1S/C15H22N2O2/c1-3-15(4-2)6-9-17(10-7-15)13-11-16-8-5-12(13)14(18)19/h5,8,11H,3-4,6-7,9-10H2,1-2H3,(H,18,19). The Kier molecular flexibility index (Phi) is 4.08. The lowest BCUT2D eigenvalue weighted by Crippen LogP contribution is -2.40. The molecule has 1 aliphatic rings. The zero-order chi connectivity index (χ0) is 13.9. The Balaban J connectivity index is 2.16. The summed E-state index contributed by atoms with van der Waals surface area (Å²) in [6.07, 6.45) is 7.89. The summed E-state index contributed by atoms with van der Waals surface area (Å²) in [7, 11) is 0. The number of carboxylic acids is 1. The van der Waals surface area contributed by atoms with Gasteiger partial charge in [0.05, 0.1) is 17.4 Å². The van der Waals surface area contributed by atoms with Gasteiger partial charge in [0, 0.05) is 19.3 Å². The summed E-state index contributed by atoms with van der Waals surface area (Å²) in [5.41, 5.74) is 1.56. The van der Waals surface area contributed by atoms with E-state index in [1.54, 1.807) is 18.5 Å². The maximum Gasteiger partial charge on any atom is 0.337 e. The molecule has 1 N–H and O–H groups in total. The molecule has 4 heteroatoms. The fourth-order valence-corrected chi connectivity index (χ4v) is 3.00. The Morgan fingerprint density at radius 3 is 2.53 bits per heavy atom. The van der Waals surface area contributed by atoms with Gasteiger partial charge in [0.2, 0.25) is 0 Å². The summed E-state index contributed by atoms with van der Waals surface area (Å²) < 4.78 is 0. The number of rotatable bonds is 4. The molecule has 0 aromatic carbocycles. The summed E-state index contributed by atoms with van der Waals surface area (Å²) in [6, 6.07) is 1.58. The summed E-state index contributed by atoms with van der Waals surface area (Å²) in [5, 5.41) is 9.24. The van der Waals surface area contributed by atoms with Crippen LogP contribution in [0, 0.1) is 5.41 Å². The molecular formula is C15H22N2O2. The third-order valence-electron chi connectivity index (χ3n) is 4.70. The van der Waals surface area contributed by atoms with E-state index in [0.717, 1.165) is 31.6 Å². The topological polar surface area (TPSA) is 53.4 Å². The van der Waals surface area contributed by atoms with Crippen LogP contribution in [-0.4, -0.2) is 29.1 Å². The first-order valence-corrected chi connectivity index (χ1v) is 7.04. The van der Waals surface area contributed by atoms with Crippen molar-refractivity contribution < 1.29 is 9.90 Å². The van der Waals surface area contributed by atoms with Crippen molar-refractivity contribution in [3.63, 3.8) is 0 Å². The maximum atomic E-state index is 11.2. The molecule has 0 radical (unpaired) electrons. The lowest BCUT2D eigenvalue weighted by molar-refractivity contribution is 0.0697. The summed E-state index contributed by atoms with van der Waals surface area (Å²) in [4.78, 5) is 17.5. The molecule has 0 unspecified atom stereocenters. The van der Waals surface area contributed by atoms with Crippen LogP contribution in [0.2, 0.25) is 0 Å². The fraction of sp³-hybridized carbons (Fsp3) is 0.600. The van der Waals surface area contributed by atoms with Crippen LogP contribution in [0.4, 0.5) is 5.69 Å². The van der Waals surface area contributed by atoms with Crippen LogP contribution in [0.15, 0.2) is 18.5 Å². The highest BCUT2D eigenvalue weighted by atomic mass is 16.4. The van der Waals surface area contributed by atoms with Gasteiger partial charge in [-0.15, -0.1) is 0 Å². The molecule has 1 aromatic heterocycles. The van der Waals surface area contributed by atoms with Gasteiger partial charge in [0.15, 0.2) is 0 Å². The van der Waals surface area contributed by atoms with E-state index in [9.17, 15) is 9.90 Å². The van der Waals surface area contributed by atoms with E-state index in [-0.39, 0.29) is 0 Å². The van der Waals surface area contributed by atoms with Crippen molar-refractivity contribution in [2.75, 3.05) is 18.0 Å². The number of nitrogens with zero attached hydrogens (tertiary/aromatic N) is 2. The van der Waals surface area contributed by atoms with Crippen LogP contribution < -0.4 is 4.90 Å². The molecular weight excluding hydrogens is 240 g/mol. The van der Waals surface area contributed by atoms with E-state index in [1.807, 2.05) is 0 Å². The Labute approximate surface area is 114 Å². The quantitative estimate of drug-likeness (QED) is 0.905. The number of aromatic nitrogens is 1. The van der Waals surface area contributed by atoms with Crippen molar-refractivity contribution in [2.24, 2.45) is 5.41 Å². The Morgan fingerprint density at radius 2 is 2.00 bits per heavy atom. The van der Waals surface area contributed by atoms with Gasteiger partial charge in [-0.2, -0.15) is 0 Å². The van der Waals surface area contributed by atoms with Gasteiger partial charge in [0.25, 0.3) is 0 Å². The first-order chi connectivity index (χ1) is 9.12. The number of anilines is 1. The van der Waals surface area contributed by atoms with Gasteiger partial charge in [-0.25, -0.2) is 4.79 Å². The number of carboxylic acid groups (broad SMARTS) is 1.